The Balaban J connectivity index is 5.55. The highest BCUT2D eigenvalue weighted by molar-refractivity contribution is 7.98. The number of nitrogens with two attached hydrogens (primary N) is 2. The zero-order valence-corrected chi connectivity index (χ0v) is 19.6. The standard InChI is InChI=1S/C19H33N5O8S/c1-4-9(2)15(24-16(28)10(20)5-6-33-3)18(30)22-11(7-13(21)25)17(29)23-12(19(31)32)8-14(26)27/h9-12,15H,4-8,20H2,1-3H3,(H2,21,25)(H,22,30)(H,23,29)(H,24,28)(H,26,27)(H,31,32). The van der Waals surface area contributed by atoms with Crippen molar-refractivity contribution in [1.29, 1.82) is 0 Å². The predicted octanol–water partition coefficient (Wildman–Crippen LogP) is -2.00. The monoisotopic (exact) mass is 491 g/mol. The first-order valence-electron chi connectivity index (χ1n) is 10.2. The van der Waals surface area contributed by atoms with Crippen molar-refractivity contribution in [2.24, 2.45) is 17.4 Å². The second-order valence-electron chi connectivity index (χ2n) is 7.49. The fourth-order valence-electron chi connectivity index (χ4n) is 2.66. The maximum absolute atomic E-state index is 12.9. The van der Waals surface area contributed by atoms with Crippen molar-refractivity contribution in [3.8, 4) is 0 Å². The van der Waals surface area contributed by atoms with Gasteiger partial charge in [-0.3, -0.25) is 24.0 Å². The molecular formula is C19H33N5O8S. The van der Waals surface area contributed by atoms with Crippen LogP contribution in [0.15, 0.2) is 0 Å². The van der Waals surface area contributed by atoms with Crippen LogP contribution in [0.1, 0.15) is 39.5 Å². The summed E-state index contributed by atoms with van der Waals surface area (Å²) in [5.41, 5.74) is 11.0. The maximum atomic E-state index is 12.9. The van der Waals surface area contributed by atoms with E-state index < -0.39 is 72.6 Å². The van der Waals surface area contributed by atoms with Gasteiger partial charge in [0.05, 0.1) is 18.9 Å². The van der Waals surface area contributed by atoms with Crippen LogP contribution in [0.3, 0.4) is 0 Å². The number of carbonyl (C=O) groups excluding carboxylic acids is 4. The molecule has 0 aromatic rings. The van der Waals surface area contributed by atoms with Gasteiger partial charge in [0.1, 0.15) is 18.1 Å². The van der Waals surface area contributed by atoms with Gasteiger partial charge in [-0.15, -0.1) is 0 Å². The summed E-state index contributed by atoms with van der Waals surface area (Å²) in [5.74, 6) is -6.27. The number of hydrogen-bond acceptors (Lipinski definition) is 8. The van der Waals surface area contributed by atoms with Crippen LogP contribution >= 0.6 is 11.8 Å². The summed E-state index contributed by atoms with van der Waals surface area (Å²) in [6.45, 7) is 3.47. The molecule has 13 nitrogen and oxygen atoms in total. The highest BCUT2D eigenvalue weighted by Gasteiger charge is 2.33. The van der Waals surface area contributed by atoms with E-state index in [9.17, 15) is 28.8 Å². The number of thioether (sulfide) groups is 1. The molecule has 5 unspecified atom stereocenters. The number of hydrogen-bond donors (Lipinski definition) is 7. The number of carboxylic acids is 2. The fourth-order valence-corrected chi connectivity index (χ4v) is 3.15. The Kier molecular flexibility index (Phi) is 13.7. The first kappa shape index (κ1) is 30.1. The number of rotatable bonds is 16. The molecule has 4 amide bonds. The molecule has 0 heterocycles. The van der Waals surface area contributed by atoms with Crippen LogP contribution < -0.4 is 27.4 Å². The average Bonchev–Trinajstić information content (AvgIpc) is 2.72. The summed E-state index contributed by atoms with van der Waals surface area (Å²) in [6.07, 6.45) is 1.12. The zero-order valence-electron chi connectivity index (χ0n) is 18.8. The fraction of sp³-hybridized carbons (Fsp3) is 0.684. The van der Waals surface area contributed by atoms with Crippen molar-refractivity contribution in [2.45, 2.75) is 63.7 Å². The highest BCUT2D eigenvalue weighted by Crippen LogP contribution is 2.10. The Bertz CT molecular complexity index is 735. The van der Waals surface area contributed by atoms with Crippen LogP contribution in [-0.2, 0) is 28.8 Å². The summed E-state index contributed by atoms with van der Waals surface area (Å²) in [7, 11) is 0. The molecule has 0 rings (SSSR count). The number of carboxylic acid groups (broad SMARTS) is 2. The van der Waals surface area contributed by atoms with Gasteiger partial charge in [0.25, 0.3) is 0 Å². The van der Waals surface area contributed by atoms with Crippen molar-refractivity contribution in [3.63, 3.8) is 0 Å². The lowest BCUT2D eigenvalue weighted by Gasteiger charge is -2.27. The van der Waals surface area contributed by atoms with E-state index in [1.807, 2.05) is 11.6 Å². The summed E-state index contributed by atoms with van der Waals surface area (Å²) in [6, 6.07) is -5.32. The van der Waals surface area contributed by atoms with E-state index in [0.29, 0.717) is 18.6 Å². The van der Waals surface area contributed by atoms with E-state index in [1.54, 1.807) is 13.8 Å². The van der Waals surface area contributed by atoms with Crippen molar-refractivity contribution in [3.05, 3.63) is 0 Å². The van der Waals surface area contributed by atoms with E-state index in [2.05, 4.69) is 10.6 Å². The molecular weight excluding hydrogens is 458 g/mol. The highest BCUT2D eigenvalue weighted by atomic mass is 32.2. The van der Waals surface area contributed by atoms with E-state index >= 15 is 0 Å². The molecule has 0 aromatic heterocycles. The normalized spacial score (nSPS) is 15.3. The van der Waals surface area contributed by atoms with Crippen LogP contribution in [0.25, 0.3) is 0 Å². The Hall–Kier alpha value is -2.87. The topological polar surface area (TPSA) is 231 Å². The van der Waals surface area contributed by atoms with E-state index in [1.165, 1.54) is 11.8 Å². The van der Waals surface area contributed by atoms with Gasteiger partial charge in [0, 0.05) is 0 Å². The molecule has 0 aromatic carbocycles. The van der Waals surface area contributed by atoms with Crippen molar-refractivity contribution in [1.82, 2.24) is 16.0 Å². The predicted molar refractivity (Wildman–Crippen MR) is 120 cm³/mol. The molecule has 5 atom stereocenters. The average molecular weight is 492 g/mol. The minimum Gasteiger partial charge on any atom is -0.481 e. The van der Waals surface area contributed by atoms with Crippen LogP contribution in [0.5, 0.6) is 0 Å². The first-order valence-corrected chi connectivity index (χ1v) is 11.6. The third-order valence-corrected chi connectivity index (χ3v) is 5.44. The SMILES string of the molecule is CCC(C)C(NC(=O)C(N)CCSC)C(=O)NC(CC(N)=O)C(=O)NC(CC(=O)O)C(=O)O. The van der Waals surface area contributed by atoms with E-state index in [0.717, 1.165) is 0 Å². The third-order valence-electron chi connectivity index (χ3n) is 4.79. The van der Waals surface area contributed by atoms with Gasteiger partial charge >= 0.3 is 11.9 Å². The minimum atomic E-state index is -1.79. The van der Waals surface area contributed by atoms with Gasteiger partial charge in [0.15, 0.2) is 0 Å². The maximum Gasteiger partial charge on any atom is 0.326 e. The first-order chi connectivity index (χ1) is 15.3. The molecule has 0 bridgehead atoms. The van der Waals surface area contributed by atoms with Crippen molar-refractivity contribution < 1.29 is 39.0 Å². The molecule has 0 saturated carbocycles. The summed E-state index contributed by atoms with van der Waals surface area (Å²) in [5, 5.41) is 24.7. The largest absolute Gasteiger partial charge is 0.481 e. The Morgan fingerprint density at radius 3 is 1.94 bits per heavy atom. The molecule has 0 aliphatic rings. The number of nitrogens with one attached hydrogen (secondary N) is 3. The minimum absolute atomic E-state index is 0.377. The lowest BCUT2D eigenvalue weighted by atomic mass is 9.97. The summed E-state index contributed by atoms with van der Waals surface area (Å²) >= 11 is 1.50. The molecule has 0 saturated heterocycles. The van der Waals surface area contributed by atoms with Crippen molar-refractivity contribution in [2.75, 3.05) is 12.0 Å². The van der Waals surface area contributed by atoms with Crippen molar-refractivity contribution >= 4 is 47.3 Å². The van der Waals surface area contributed by atoms with Crippen LogP contribution in [0.4, 0.5) is 0 Å². The molecule has 0 radical (unpaired) electrons. The molecule has 33 heavy (non-hydrogen) atoms. The quantitative estimate of drug-likeness (QED) is 0.125. The van der Waals surface area contributed by atoms with Gasteiger partial charge in [-0.1, -0.05) is 20.3 Å². The molecule has 0 aliphatic heterocycles. The number of amides is 4. The Morgan fingerprint density at radius 1 is 0.909 bits per heavy atom. The molecule has 14 heteroatoms. The number of carbonyl (C=O) groups is 6. The Labute approximate surface area is 195 Å². The zero-order chi connectivity index (χ0) is 25.7. The molecule has 9 N–H and O–H groups in total. The second-order valence-corrected chi connectivity index (χ2v) is 8.47. The second kappa shape index (κ2) is 15.1. The number of aliphatic carboxylic acids is 2. The molecule has 0 fully saturated rings. The lowest BCUT2D eigenvalue weighted by Crippen LogP contribution is -2.59. The van der Waals surface area contributed by atoms with Crippen LogP contribution in [0, 0.1) is 5.92 Å². The van der Waals surface area contributed by atoms with E-state index in [-0.39, 0.29) is 5.92 Å². The van der Waals surface area contributed by atoms with Gasteiger partial charge in [-0.05, 0) is 24.3 Å². The molecule has 188 valence electrons. The van der Waals surface area contributed by atoms with E-state index in [4.69, 9.17) is 21.7 Å². The summed E-state index contributed by atoms with van der Waals surface area (Å²) in [4.78, 5) is 71.3. The smallest absolute Gasteiger partial charge is 0.326 e. The Morgan fingerprint density at radius 2 is 1.48 bits per heavy atom. The third kappa shape index (κ3) is 11.5. The molecule has 0 spiro atoms. The summed E-state index contributed by atoms with van der Waals surface area (Å²) < 4.78 is 0. The van der Waals surface area contributed by atoms with Gasteiger partial charge < -0.3 is 37.6 Å². The van der Waals surface area contributed by atoms with Gasteiger partial charge in [-0.25, -0.2) is 4.79 Å². The molecule has 0 aliphatic carbocycles. The van der Waals surface area contributed by atoms with Crippen LogP contribution in [0.2, 0.25) is 0 Å². The van der Waals surface area contributed by atoms with Gasteiger partial charge in [0.2, 0.25) is 23.6 Å². The van der Waals surface area contributed by atoms with Crippen LogP contribution in [-0.4, -0.2) is 82.0 Å². The lowest BCUT2D eigenvalue weighted by molar-refractivity contribution is -0.147. The van der Waals surface area contributed by atoms with Gasteiger partial charge in [-0.2, -0.15) is 11.8 Å². The number of primary amides is 1.